The Labute approximate surface area is 184 Å². The Bertz CT molecular complexity index is 1100. The van der Waals surface area contributed by atoms with Crippen LogP contribution >= 0.6 is 0 Å². The van der Waals surface area contributed by atoms with Gasteiger partial charge in [0.2, 0.25) is 5.78 Å². The molecule has 0 amide bonds. The molecule has 0 saturated carbocycles. The second-order valence-electron chi connectivity index (χ2n) is 10.5. The molecule has 0 heterocycles. The predicted octanol–water partition coefficient (Wildman–Crippen LogP) is 6.04. The molecule has 2 aromatic carbocycles. The van der Waals surface area contributed by atoms with Gasteiger partial charge in [-0.25, -0.2) is 0 Å². The Morgan fingerprint density at radius 3 is 1.55 bits per heavy atom. The third-order valence-corrected chi connectivity index (χ3v) is 6.00. The zero-order valence-corrected chi connectivity index (χ0v) is 20.0. The molecule has 0 atom stereocenters. The first kappa shape index (κ1) is 22.8. The van der Waals surface area contributed by atoms with Crippen LogP contribution in [0, 0.1) is 13.8 Å². The van der Waals surface area contributed by atoms with Gasteiger partial charge in [-0.3, -0.25) is 9.59 Å². The summed E-state index contributed by atoms with van der Waals surface area (Å²) in [5.41, 5.74) is 4.25. The van der Waals surface area contributed by atoms with Gasteiger partial charge in [0.05, 0.1) is 12.7 Å². The van der Waals surface area contributed by atoms with E-state index < -0.39 is 0 Å². The van der Waals surface area contributed by atoms with Crippen LogP contribution in [0.1, 0.15) is 90.1 Å². The van der Waals surface area contributed by atoms with E-state index in [0.717, 1.165) is 22.3 Å². The van der Waals surface area contributed by atoms with Crippen molar-refractivity contribution in [1.29, 1.82) is 0 Å². The summed E-state index contributed by atoms with van der Waals surface area (Å²) >= 11 is 0. The van der Waals surface area contributed by atoms with Gasteiger partial charge in [-0.1, -0.05) is 41.5 Å². The molecule has 1 N–H and O–H groups in total. The molecule has 2 aromatic rings. The minimum atomic E-state index is -0.360. The first-order chi connectivity index (χ1) is 14.2. The molecule has 0 radical (unpaired) electrons. The lowest BCUT2D eigenvalue weighted by Crippen LogP contribution is -2.24. The fraction of sp³-hybridized carbons (Fsp3) is 0.407. The third-order valence-electron chi connectivity index (χ3n) is 6.00. The molecule has 0 unspecified atom stereocenters. The van der Waals surface area contributed by atoms with Gasteiger partial charge in [0.15, 0.2) is 11.5 Å². The van der Waals surface area contributed by atoms with Crippen LogP contribution in [0.4, 0.5) is 0 Å². The molecule has 164 valence electrons. The van der Waals surface area contributed by atoms with Crippen molar-refractivity contribution in [1.82, 2.24) is 0 Å². The fourth-order valence-electron chi connectivity index (χ4n) is 4.04. The molecule has 4 heteroatoms. The monoisotopic (exact) mass is 420 g/mol. The molecule has 1 aliphatic carbocycles. The average molecular weight is 421 g/mol. The number of carbonyl (C=O) groups is 2. The van der Waals surface area contributed by atoms with E-state index in [1.807, 2.05) is 67.5 Å². The third kappa shape index (κ3) is 3.80. The number of hydrogen-bond acceptors (Lipinski definition) is 4. The van der Waals surface area contributed by atoms with E-state index in [9.17, 15) is 14.7 Å². The van der Waals surface area contributed by atoms with E-state index in [2.05, 4.69) is 0 Å². The molecule has 0 aliphatic heterocycles. The number of carbonyl (C=O) groups excluding carboxylic acids is 2. The number of fused-ring (bicyclic) bond motifs is 1. The summed E-state index contributed by atoms with van der Waals surface area (Å²) in [6.07, 6.45) is 0. The van der Waals surface area contributed by atoms with Gasteiger partial charge in [0, 0.05) is 22.3 Å². The fourth-order valence-corrected chi connectivity index (χ4v) is 4.04. The maximum atomic E-state index is 13.6. The van der Waals surface area contributed by atoms with Crippen LogP contribution in [0.3, 0.4) is 0 Å². The van der Waals surface area contributed by atoms with Crippen LogP contribution in [-0.2, 0) is 15.6 Å². The lowest BCUT2D eigenvalue weighted by Gasteiger charge is -2.29. The minimum Gasteiger partial charge on any atom is -0.507 e. The van der Waals surface area contributed by atoms with Crippen molar-refractivity contribution in [2.24, 2.45) is 0 Å². The Balaban J connectivity index is 2.39. The number of ether oxygens (including phenoxy) is 1. The van der Waals surface area contributed by atoms with Crippen LogP contribution in [0.2, 0.25) is 0 Å². The number of phenols is 1. The summed E-state index contributed by atoms with van der Waals surface area (Å²) in [6, 6.07) is 7.18. The summed E-state index contributed by atoms with van der Waals surface area (Å²) in [4.78, 5) is 26.9. The largest absolute Gasteiger partial charge is 0.507 e. The van der Waals surface area contributed by atoms with E-state index in [4.69, 9.17) is 4.74 Å². The van der Waals surface area contributed by atoms with Crippen molar-refractivity contribution in [3.63, 3.8) is 0 Å². The quantitative estimate of drug-likeness (QED) is 0.643. The molecule has 0 aromatic heterocycles. The zero-order valence-electron chi connectivity index (χ0n) is 20.0. The van der Waals surface area contributed by atoms with Gasteiger partial charge in [-0.15, -0.1) is 0 Å². The highest BCUT2D eigenvalue weighted by molar-refractivity contribution is 6.40. The van der Waals surface area contributed by atoms with E-state index in [-0.39, 0.29) is 39.5 Å². The molecule has 4 nitrogen and oxygen atoms in total. The van der Waals surface area contributed by atoms with Crippen LogP contribution < -0.4 is 0 Å². The SMILES string of the molecule is COC1=C(c2cc(C(C)(C)C)c(O)c(C(C)(C)C)c2)C(=O)c2cc(C)c(C)cc2C1=O. The van der Waals surface area contributed by atoms with Gasteiger partial charge in [-0.05, 0) is 65.6 Å². The van der Waals surface area contributed by atoms with Crippen molar-refractivity contribution in [2.75, 3.05) is 7.11 Å². The lowest BCUT2D eigenvalue weighted by atomic mass is 9.76. The molecule has 0 saturated heterocycles. The molecular weight excluding hydrogens is 388 g/mol. The van der Waals surface area contributed by atoms with Crippen LogP contribution in [0.5, 0.6) is 5.75 Å². The average Bonchev–Trinajstić information content (AvgIpc) is 2.64. The number of aryl methyl sites for hydroxylation is 2. The molecular formula is C27H32O4. The molecule has 0 spiro atoms. The van der Waals surface area contributed by atoms with Gasteiger partial charge in [-0.2, -0.15) is 0 Å². The van der Waals surface area contributed by atoms with E-state index in [1.165, 1.54) is 7.11 Å². The summed E-state index contributed by atoms with van der Waals surface area (Å²) < 4.78 is 5.50. The second-order valence-corrected chi connectivity index (χ2v) is 10.5. The Hall–Kier alpha value is -2.88. The van der Waals surface area contributed by atoms with Crippen molar-refractivity contribution in [2.45, 2.75) is 66.2 Å². The molecule has 0 bridgehead atoms. The first-order valence-electron chi connectivity index (χ1n) is 10.6. The number of allylic oxidation sites excluding steroid dienone is 2. The number of rotatable bonds is 2. The first-order valence-corrected chi connectivity index (χ1v) is 10.6. The number of methoxy groups -OCH3 is 1. The zero-order chi connectivity index (χ0) is 23.5. The summed E-state index contributed by atoms with van der Waals surface area (Å²) in [5, 5.41) is 11.0. The van der Waals surface area contributed by atoms with E-state index in [1.54, 1.807) is 12.1 Å². The highest BCUT2D eigenvalue weighted by atomic mass is 16.5. The Morgan fingerprint density at radius 1 is 0.742 bits per heavy atom. The van der Waals surface area contributed by atoms with Gasteiger partial charge >= 0.3 is 0 Å². The maximum absolute atomic E-state index is 13.6. The van der Waals surface area contributed by atoms with Crippen LogP contribution in [0.25, 0.3) is 5.57 Å². The van der Waals surface area contributed by atoms with Gasteiger partial charge < -0.3 is 9.84 Å². The van der Waals surface area contributed by atoms with Crippen molar-refractivity contribution in [3.8, 4) is 5.75 Å². The highest BCUT2D eigenvalue weighted by Gasteiger charge is 2.36. The normalized spacial score (nSPS) is 14.7. The number of hydrogen-bond donors (Lipinski definition) is 1. The van der Waals surface area contributed by atoms with Crippen molar-refractivity contribution < 1.29 is 19.4 Å². The number of benzene rings is 2. The summed E-state index contributed by atoms with van der Waals surface area (Å²) in [6.45, 7) is 15.9. The van der Waals surface area contributed by atoms with Crippen molar-refractivity contribution in [3.05, 3.63) is 69.0 Å². The number of ketones is 2. The molecule has 31 heavy (non-hydrogen) atoms. The lowest BCUT2D eigenvalue weighted by molar-refractivity contribution is 0.0925. The van der Waals surface area contributed by atoms with Crippen molar-refractivity contribution >= 4 is 17.1 Å². The Morgan fingerprint density at radius 2 is 1.16 bits per heavy atom. The predicted molar refractivity (Wildman–Crippen MR) is 124 cm³/mol. The van der Waals surface area contributed by atoms with E-state index >= 15 is 0 Å². The standard InChI is InChI=1S/C27H32O4/c1-14-10-17-18(11-15(14)2)23(29)25(31-9)21(22(17)28)16-12-19(26(3,4)5)24(30)20(13-16)27(6,7)8/h10-13,30H,1-9H3. The molecule has 1 aliphatic rings. The van der Waals surface area contributed by atoms with Crippen LogP contribution in [0.15, 0.2) is 30.0 Å². The van der Waals surface area contributed by atoms with Crippen LogP contribution in [-0.4, -0.2) is 23.8 Å². The van der Waals surface area contributed by atoms with E-state index in [0.29, 0.717) is 16.7 Å². The minimum absolute atomic E-state index is 0.0474. The number of aromatic hydroxyl groups is 1. The van der Waals surface area contributed by atoms with Gasteiger partial charge in [0.1, 0.15) is 5.75 Å². The summed E-state index contributed by atoms with van der Waals surface area (Å²) in [7, 11) is 1.42. The topological polar surface area (TPSA) is 63.6 Å². The second kappa shape index (κ2) is 7.37. The molecule has 0 fully saturated rings. The summed E-state index contributed by atoms with van der Waals surface area (Å²) in [5.74, 6) is -0.256. The number of phenolic OH excluding ortho intramolecular Hbond substituents is 1. The maximum Gasteiger partial charge on any atom is 0.229 e. The number of Topliss-reactive ketones (excluding diaryl/α,β-unsaturated/α-hetero) is 2. The highest BCUT2D eigenvalue weighted by Crippen LogP contribution is 2.43. The Kier molecular flexibility index (Phi) is 5.42. The smallest absolute Gasteiger partial charge is 0.229 e. The molecule has 3 rings (SSSR count). The van der Waals surface area contributed by atoms with Gasteiger partial charge in [0.25, 0.3) is 0 Å².